The van der Waals surface area contributed by atoms with Crippen LogP contribution in [-0.2, 0) is 6.42 Å². The summed E-state index contributed by atoms with van der Waals surface area (Å²) in [6.07, 6.45) is 3.41. The van der Waals surface area contributed by atoms with E-state index in [0.29, 0.717) is 5.56 Å². The molecule has 0 heterocycles. The lowest BCUT2D eigenvalue weighted by Crippen LogP contribution is -1.98. The maximum absolute atomic E-state index is 14.0. The fourth-order valence-corrected chi connectivity index (χ4v) is 2.63. The Balaban J connectivity index is 2.20. The van der Waals surface area contributed by atoms with Crippen LogP contribution in [0.5, 0.6) is 0 Å². The van der Waals surface area contributed by atoms with E-state index in [1.54, 1.807) is 12.1 Å². The number of alkyl halides is 1. The molecule has 0 aliphatic rings. The molecule has 2 aromatic carbocycles. The maximum Gasteiger partial charge on any atom is 0.146 e. The van der Waals surface area contributed by atoms with Gasteiger partial charge in [0.25, 0.3) is 0 Å². The summed E-state index contributed by atoms with van der Waals surface area (Å²) in [5.41, 5.74) is 2.58. The molecular weight excluding hydrogens is 294 g/mol. The fraction of sp³-hybridized carbons (Fsp3) is 0.294. The van der Waals surface area contributed by atoms with Gasteiger partial charge in [0.1, 0.15) is 5.82 Å². The van der Waals surface area contributed by atoms with Crippen molar-refractivity contribution in [2.24, 2.45) is 0 Å². The van der Waals surface area contributed by atoms with Crippen LogP contribution in [0.15, 0.2) is 42.5 Å². The van der Waals surface area contributed by atoms with Gasteiger partial charge in [-0.2, -0.15) is 0 Å². The highest BCUT2D eigenvalue weighted by Crippen LogP contribution is 2.33. The first-order valence-electron chi connectivity index (χ1n) is 6.80. The molecular formula is C17H17Cl2F. The van der Waals surface area contributed by atoms with Crippen molar-refractivity contribution < 1.29 is 4.39 Å². The van der Waals surface area contributed by atoms with E-state index in [1.807, 2.05) is 12.1 Å². The Morgan fingerprint density at radius 3 is 2.45 bits per heavy atom. The van der Waals surface area contributed by atoms with Crippen LogP contribution in [0.3, 0.4) is 0 Å². The number of hydrogen-bond acceptors (Lipinski definition) is 0. The largest absolute Gasteiger partial charge is 0.205 e. The topological polar surface area (TPSA) is 0 Å². The van der Waals surface area contributed by atoms with Crippen LogP contribution in [0.4, 0.5) is 4.39 Å². The summed E-state index contributed by atoms with van der Waals surface area (Å²) >= 11 is 12.2. The molecule has 20 heavy (non-hydrogen) atoms. The zero-order chi connectivity index (χ0) is 14.5. The first-order chi connectivity index (χ1) is 9.63. The molecule has 3 heteroatoms. The fourth-order valence-electron chi connectivity index (χ4n) is 2.13. The first-order valence-corrected chi connectivity index (χ1v) is 7.61. The van der Waals surface area contributed by atoms with E-state index in [0.717, 1.165) is 12.0 Å². The van der Waals surface area contributed by atoms with E-state index in [4.69, 9.17) is 23.2 Å². The molecule has 0 aromatic heterocycles. The number of aryl methyl sites for hydroxylation is 1. The highest BCUT2D eigenvalue weighted by Gasteiger charge is 2.16. The van der Waals surface area contributed by atoms with Crippen LogP contribution in [0.2, 0.25) is 5.02 Å². The van der Waals surface area contributed by atoms with E-state index in [9.17, 15) is 4.39 Å². The van der Waals surface area contributed by atoms with Crippen molar-refractivity contribution in [2.45, 2.75) is 31.6 Å². The van der Waals surface area contributed by atoms with Crippen LogP contribution >= 0.6 is 23.2 Å². The third-order valence-electron chi connectivity index (χ3n) is 3.35. The summed E-state index contributed by atoms with van der Waals surface area (Å²) < 4.78 is 14.0. The van der Waals surface area contributed by atoms with Crippen molar-refractivity contribution in [3.63, 3.8) is 0 Å². The molecule has 0 aliphatic heterocycles. The quantitative estimate of drug-likeness (QED) is 0.581. The van der Waals surface area contributed by atoms with E-state index in [-0.39, 0.29) is 5.02 Å². The normalized spacial score (nSPS) is 12.4. The predicted molar refractivity (Wildman–Crippen MR) is 84.2 cm³/mol. The second kappa shape index (κ2) is 7.10. The molecule has 0 saturated heterocycles. The molecule has 0 nitrogen and oxygen atoms in total. The smallest absolute Gasteiger partial charge is 0.146 e. The van der Waals surface area contributed by atoms with Crippen molar-refractivity contribution in [1.29, 1.82) is 0 Å². The summed E-state index contributed by atoms with van der Waals surface area (Å²) in [4.78, 5) is 0. The molecule has 106 valence electrons. The lowest BCUT2D eigenvalue weighted by molar-refractivity contribution is 0.613. The standard InChI is InChI=1S/C17H17Cl2F/c1-2-3-5-12-8-10-13(11-9-12)16(19)14-6-4-7-15(18)17(14)20/h4,6-11,16H,2-3,5H2,1H3. The first kappa shape index (κ1) is 15.3. The minimum atomic E-state index is -0.520. The van der Waals surface area contributed by atoms with E-state index < -0.39 is 11.2 Å². The SMILES string of the molecule is CCCCc1ccc(C(Cl)c2cccc(Cl)c2F)cc1. The molecule has 0 N–H and O–H groups in total. The highest BCUT2D eigenvalue weighted by molar-refractivity contribution is 6.31. The average molecular weight is 311 g/mol. The van der Waals surface area contributed by atoms with Gasteiger partial charge in [0, 0.05) is 5.56 Å². The Labute approximate surface area is 129 Å². The van der Waals surface area contributed by atoms with Gasteiger partial charge in [-0.1, -0.05) is 61.3 Å². The second-order valence-electron chi connectivity index (χ2n) is 4.85. The van der Waals surface area contributed by atoms with Gasteiger partial charge in [0.05, 0.1) is 10.4 Å². The third-order valence-corrected chi connectivity index (χ3v) is 4.12. The molecule has 0 saturated carbocycles. The summed E-state index contributed by atoms with van der Waals surface area (Å²) in [5, 5.41) is -0.415. The minimum absolute atomic E-state index is 0.104. The summed E-state index contributed by atoms with van der Waals surface area (Å²) in [6.45, 7) is 2.17. The van der Waals surface area contributed by atoms with Gasteiger partial charge in [0.15, 0.2) is 0 Å². The van der Waals surface area contributed by atoms with Gasteiger partial charge in [-0.05, 0) is 30.0 Å². The summed E-state index contributed by atoms with van der Waals surface area (Å²) in [5.74, 6) is -0.441. The van der Waals surface area contributed by atoms with Crippen molar-refractivity contribution in [3.8, 4) is 0 Å². The van der Waals surface area contributed by atoms with Crippen LogP contribution in [0, 0.1) is 5.82 Å². The van der Waals surface area contributed by atoms with Gasteiger partial charge >= 0.3 is 0 Å². The van der Waals surface area contributed by atoms with Crippen molar-refractivity contribution >= 4 is 23.2 Å². The predicted octanol–water partition coefficient (Wildman–Crippen LogP) is 6.15. The average Bonchev–Trinajstić information content (AvgIpc) is 2.48. The summed E-state index contributed by atoms with van der Waals surface area (Å²) in [6, 6.07) is 12.9. The zero-order valence-corrected chi connectivity index (χ0v) is 12.9. The Kier molecular flexibility index (Phi) is 5.45. The molecule has 0 fully saturated rings. The van der Waals surface area contributed by atoms with Crippen molar-refractivity contribution in [1.82, 2.24) is 0 Å². The number of hydrogen-bond donors (Lipinski definition) is 0. The third kappa shape index (κ3) is 3.53. The van der Waals surface area contributed by atoms with E-state index in [1.165, 1.54) is 24.5 Å². The van der Waals surface area contributed by atoms with E-state index in [2.05, 4.69) is 19.1 Å². The molecule has 0 spiro atoms. The van der Waals surface area contributed by atoms with Crippen LogP contribution in [0.25, 0.3) is 0 Å². The molecule has 1 unspecified atom stereocenters. The number of halogens is 3. The minimum Gasteiger partial charge on any atom is -0.205 e. The van der Waals surface area contributed by atoms with Gasteiger partial charge < -0.3 is 0 Å². The lowest BCUT2D eigenvalue weighted by atomic mass is 10.0. The molecule has 2 aromatic rings. The zero-order valence-electron chi connectivity index (χ0n) is 11.4. The Morgan fingerprint density at radius 2 is 1.80 bits per heavy atom. The molecule has 2 rings (SSSR count). The molecule has 0 aliphatic carbocycles. The van der Waals surface area contributed by atoms with Gasteiger partial charge in [0.2, 0.25) is 0 Å². The molecule has 0 radical (unpaired) electrons. The Bertz CT molecular complexity index is 564. The Hall–Kier alpha value is -1.05. The summed E-state index contributed by atoms with van der Waals surface area (Å²) in [7, 11) is 0. The number of rotatable bonds is 5. The van der Waals surface area contributed by atoms with E-state index >= 15 is 0 Å². The Morgan fingerprint density at radius 1 is 1.10 bits per heavy atom. The van der Waals surface area contributed by atoms with Gasteiger partial charge in [-0.3, -0.25) is 0 Å². The molecule has 0 amide bonds. The van der Waals surface area contributed by atoms with Crippen LogP contribution < -0.4 is 0 Å². The van der Waals surface area contributed by atoms with Crippen molar-refractivity contribution in [3.05, 3.63) is 70.0 Å². The number of unbranched alkanes of at least 4 members (excludes halogenated alkanes) is 1. The van der Waals surface area contributed by atoms with Crippen molar-refractivity contribution in [2.75, 3.05) is 0 Å². The highest BCUT2D eigenvalue weighted by atomic mass is 35.5. The monoisotopic (exact) mass is 310 g/mol. The molecule has 0 bridgehead atoms. The second-order valence-corrected chi connectivity index (χ2v) is 5.69. The van der Waals surface area contributed by atoms with Crippen LogP contribution in [-0.4, -0.2) is 0 Å². The van der Waals surface area contributed by atoms with Crippen LogP contribution in [0.1, 0.15) is 41.8 Å². The van der Waals surface area contributed by atoms with Gasteiger partial charge in [-0.25, -0.2) is 4.39 Å². The maximum atomic E-state index is 14.0. The van der Waals surface area contributed by atoms with Gasteiger partial charge in [-0.15, -0.1) is 11.6 Å². The lowest BCUT2D eigenvalue weighted by Gasteiger charge is -2.12. The number of benzene rings is 2. The molecule has 1 atom stereocenters.